The minimum Gasteiger partial charge on any atom is -1.00 e. The molecule has 0 spiro atoms. The molecule has 2 atom stereocenters. The van der Waals surface area contributed by atoms with Crippen molar-refractivity contribution in [3.63, 3.8) is 0 Å². The SMILES string of the molecule is Cc1cscc1C(O)(CC1C[C@@H]2CC[C@@H](C1)[N+]2(C)C)c1cscc1C.[Br-]. The zero-order valence-corrected chi connectivity index (χ0v) is 19.4. The molecular formula is C21H30BrNOS2. The molecule has 2 aromatic heterocycles. The van der Waals surface area contributed by atoms with Gasteiger partial charge < -0.3 is 26.6 Å². The summed E-state index contributed by atoms with van der Waals surface area (Å²) in [5.41, 5.74) is 3.89. The molecular weight excluding hydrogens is 426 g/mol. The fourth-order valence-electron chi connectivity index (χ4n) is 5.51. The molecule has 2 bridgehead atoms. The molecule has 1 N–H and O–H groups in total. The summed E-state index contributed by atoms with van der Waals surface area (Å²) in [4.78, 5) is 0. The van der Waals surface area contributed by atoms with E-state index in [1.54, 1.807) is 22.7 Å². The van der Waals surface area contributed by atoms with Gasteiger partial charge in [-0.3, -0.25) is 0 Å². The van der Waals surface area contributed by atoms with Gasteiger partial charge in [0.15, 0.2) is 0 Å². The standard InChI is InChI=1S/C21H30NOS2.BrH/c1-14-10-24-12-19(14)21(23,20-13-25-11-15(20)2)9-16-7-17-5-6-18(8-16)22(17,3)4;/h10-13,16-18,23H,5-9H2,1-4H3;1H/q+1;/p-1/t17-,18-;/m0./s1. The summed E-state index contributed by atoms with van der Waals surface area (Å²) in [6.45, 7) is 4.28. The minimum absolute atomic E-state index is 0. The average molecular weight is 457 g/mol. The van der Waals surface area contributed by atoms with E-state index in [9.17, 15) is 5.11 Å². The minimum atomic E-state index is -0.827. The lowest BCUT2D eigenvalue weighted by atomic mass is 9.74. The Bertz CT molecular complexity index is 709. The number of piperidine rings is 1. The van der Waals surface area contributed by atoms with E-state index < -0.39 is 5.60 Å². The third-order valence-electron chi connectivity index (χ3n) is 7.11. The van der Waals surface area contributed by atoms with Crippen LogP contribution in [0.1, 0.15) is 54.4 Å². The van der Waals surface area contributed by atoms with Crippen LogP contribution >= 0.6 is 22.7 Å². The van der Waals surface area contributed by atoms with Crippen molar-refractivity contribution in [3.05, 3.63) is 43.8 Å². The predicted octanol–water partition coefficient (Wildman–Crippen LogP) is 2.07. The van der Waals surface area contributed by atoms with Gasteiger partial charge >= 0.3 is 0 Å². The summed E-state index contributed by atoms with van der Waals surface area (Å²) in [5, 5.41) is 20.7. The average Bonchev–Trinajstić information content (AvgIpc) is 3.18. The molecule has 0 unspecified atom stereocenters. The number of rotatable bonds is 4. The molecule has 0 aromatic carbocycles. The molecule has 2 aliphatic heterocycles. The third kappa shape index (κ3) is 3.24. The molecule has 2 aliphatic rings. The number of aliphatic hydroxyl groups is 1. The highest BCUT2D eigenvalue weighted by Gasteiger charge is 2.50. The molecule has 4 heterocycles. The maximum Gasteiger partial charge on any atom is 0.117 e. The van der Waals surface area contributed by atoms with Crippen molar-refractivity contribution in [2.45, 2.75) is 63.6 Å². The molecule has 0 amide bonds. The Morgan fingerprint density at radius 1 is 0.962 bits per heavy atom. The molecule has 0 aliphatic carbocycles. The molecule has 2 aromatic rings. The first-order valence-corrected chi connectivity index (χ1v) is 11.3. The second-order valence-electron chi connectivity index (χ2n) is 8.85. The maximum atomic E-state index is 12.0. The summed E-state index contributed by atoms with van der Waals surface area (Å²) in [6, 6.07) is 1.56. The number of nitrogens with zero attached hydrogens (tertiary/aromatic N) is 1. The van der Waals surface area contributed by atoms with E-state index in [4.69, 9.17) is 0 Å². The summed E-state index contributed by atoms with van der Waals surface area (Å²) < 4.78 is 1.20. The first-order chi connectivity index (χ1) is 11.8. The van der Waals surface area contributed by atoms with Gasteiger partial charge in [0.2, 0.25) is 0 Å². The van der Waals surface area contributed by atoms with Crippen LogP contribution in [0, 0.1) is 19.8 Å². The molecule has 0 saturated carbocycles. The molecule has 144 valence electrons. The summed E-state index contributed by atoms with van der Waals surface area (Å²) >= 11 is 3.42. The number of halogens is 1. The van der Waals surface area contributed by atoms with Gasteiger partial charge in [-0.1, -0.05) is 0 Å². The van der Waals surface area contributed by atoms with E-state index in [0.717, 1.165) is 29.6 Å². The van der Waals surface area contributed by atoms with Gasteiger partial charge in [-0.2, -0.15) is 22.7 Å². The lowest BCUT2D eigenvalue weighted by Crippen LogP contribution is -3.00. The van der Waals surface area contributed by atoms with Crippen LogP contribution in [0.15, 0.2) is 21.5 Å². The van der Waals surface area contributed by atoms with Crippen LogP contribution in [-0.4, -0.2) is 35.8 Å². The highest BCUT2D eigenvalue weighted by molar-refractivity contribution is 7.08. The largest absolute Gasteiger partial charge is 1.00 e. The lowest BCUT2D eigenvalue weighted by molar-refractivity contribution is -0.931. The van der Waals surface area contributed by atoms with E-state index in [1.165, 1.54) is 41.3 Å². The van der Waals surface area contributed by atoms with Crippen molar-refractivity contribution in [1.29, 1.82) is 0 Å². The quantitative estimate of drug-likeness (QED) is 0.699. The molecule has 2 saturated heterocycles. The van der Waals surface area contributed by atoms with Crippen molar-refractivity contribution in [3.8, 4) is 0 Å². The van der Waals surface area contributed by atoms with E-state index >= 15 is 0 Å². The van der Waals surface area contributed by atoms with Crippen LogP contribution in [-0.2, 0) is 5.60 Å². The van der Waals surface area contributed by atoms with E-state index in [-0.39, 0.29) is 17.0 Å². The Morgan fingerprint density at radius 3 is 1.81 bits per heavy atom. The maximum absolute atomic E-state index is 12.0. The van der Waals surface area contributed by atoms with Crippen LogP contribution in [0.25, 0.3) is 0 Å². The Kier molecular flexibility index (Phi) is 5.78. The second kappa shape index (κ2) is 7.32. The van der Waals surface area contributed by atoms with Gasteiger partial charge in [0.05, 0.1) is 26.2 Å². The monoisotopic (exact) mass is 455 g/mol. The first kappa shape index (κ1) is 20.5. The summed E-state index contributed by atoms with van der Waals surface area (Å²) in [5.74, 6) is 0.618. The Morgan fingerprint density at radius 2 is 1.42 bits per heavy atom. The van der Waals surface area contributed by atoms with E-state index in [0.29, 0.717) is 5.92 Å². The number of quaternary nitrogens is 1. The Hall–Kier alpha value is -0.200. The van der Waals surface area contributed by atoms with Gasteiger partial charge in [-0.05, 0) is 58.8 Å². The number of aryl methyl sites for hydroxylation is 2. The molecule has 2 fully saturated rings. The predicted molar refractivity (Wildman–Crippen MR) is 107 cm³/mol. The van der Waals surface area contributed by atoms with Gasteiger partial charge in [-0.25, -0.2) is 0 Å². The van der Waals surface area contributed by atoms with E-state index in [1.807, 2.05) is 0 Å². The van der Waals surface area contributed by atoms with Crippen molar-refractivity contribution in [1.82, 2.24) is 0 Å². The van der Waals surface area contributed by atoms with Gasteiger partial charge in [0, 0.05) is 36.8 Å². The fourth-order valence-corrected chi connectivity index (χ4v) is 7.34. The van der Waals surface area contributed by atoms with Crippen LogP contribution in [0.2, 0.25) is 0 Å². The van der Waals surface area contributed by atoms with Crippen LogP contribution < -0.4 is 17.0 Å². The third-order valence-corrected chi connectivity index (χ3v) is 8.84. The van der Waals surface area contributed by atoms with Crippen molar-refractivity contribution < 1.29 is 26.6 Å². The normalized spacial score (nSPS) is 27.3. The lowest BCUT2D eigenvalue weighted by Gasteiger charge is -2.46. The molecule has 0 radical (unpaired) electrons. The summed E-state index contributed by atoms with van der Waals surface area (Å²) in [7, 11) is 4.83. The van der Waals surface area contributed by atoms with Crippen molar-refractivity contribution >= 4 is 22.7 Å². The molecule has 2 nitrogen and oxygen atoms in total. The number of hydrogen-bond acceptors (Lipinski definition) is 3. The van der Waals surface area contributed by atoms with Gasteiger partial charge in [0.1, 0.15) is 5.60 Å². The number of thiophene rings is 2. The summed E-state index contributed by atoms with van der Waals surface area (Å²) in [6.07, 6.45) is 6.12. The van der Waals surface area contributed by atoms with Crippen molar-refractivity contribution in [2.24, 2.45) is 5.92 Å². The molecule has 4 rings (SSSR count). The van der Waals surface area contributed by atoms with Crippen LogP contribution in [0.5, 0.6) is 0 Å². The highest BCUT2D eigenvalue weighted by Crippen LogP contribution is 2.48. The molecule has 5 heteroatoms. The van der Waals surface area contributed by atoms with Crippen LogP contribution in [0.3, 0.4) is 0 Å². The van der Waals surface area contributed by atoms with Gasteiger partial charge in [0.25, 0.3) is 0 Å². The Balaban J connectivity index is 0.00000196. The number of hydrogen-bond donors (Lipinski definition) is 1. The Labute approximate surface area is 176 Å². The van der Waals surface area contributed by atoms with Crippen molar-refractivity contribution in [2.75, 3.05) is 14.1 Å². The topological polar surface area (TPSA) is 20.2 Å². The molecule has 26 heavy (non-hydrogen) atoms. The zero-order chi connectivity index (χ0) is 17.8. The zero-order valence-electron chi connectivity index (χ0n) is 16.2. The van der Waals surface area contributed by atoms with Gasteiger partial charge in [-0.15, -0.1) is 0 Å². The van der Waals surface area contributed by atoms with Crippen LogP contribution in [0.4, 0.5) is 0 Å². The highest BCUT2D eigenvalue weighted by atomic mass is 79.9. The first-order valence-electron chi connectivity index (χ1n) is 9.44. The second-order valence-corrected chi connectivity index (χ2v) is 10.3. The number of fused-ring (bicyclic) bond motifs is 2. The smallest absolute Gasteiger partial charge is 0.117 e. The fraction of sp³-hybridized carbons (Fsp3) is 0.619. The van der Waals surface area contributed by atoms with E-state index in [2.05, 4.69) is 49.5 Å².